The molecule has 144 valence electrons. The smallest absolute Gasteiger partial charge is 0.408 e. The first-order valence-corrected chi connectivity index (χ1v) is 9.13. The molecule has 1 N–H and O–H groups in total. The van der Waals surface area contributed by atoms with Crippen molar-refractivity contribution in [3.8, 4) is 0 Å². The summed E-state index contributed by atoms with van der Waals surface area (Å²) in [6.07, 6.45) is 3.28. The highest BCUT2D eigenvalue weighted by Crippen LogP contribution is 2.22. The highest BCUT2D eigenvalue weighted by Gasteiger charge is 2.35. The molecule has 1 rings (SSSR count). The third-order valence-electron chi connectivity index (χ3n) is 3.97. The van der Waals surface area contributed by atoms with Gasteiger partial charge in [0.25, 0.3) is 0 Å². The van der Waals surface area contributed by atoms with E-state index in [4.69, 9.17) is 9.47 Å². The summed E-state index contributed by atoms with van der Waals surface area (Å²) < 4.78 is 10.2. The van der Waals surface area contributed by atoms with Crippen LogP contribution >= 0.6 is 0 Å². The number of carbonyl (C=O) groups is 3. The van der Waals surface area contributed by atoms with Gasteiger partial charge in [-0.2, -0.15) is 0 Å². The third-order valence-corrected chi connectivity index (χ3v) is 3.97. The number of carbonyl (C=O) groups excluding carboxylic acids is 3. The van der Waals surface area contributed by atoms with E-state index in [1.807, 2.05) is 6.92 Å². The van der Waals surface area contributed by atoms with E-state index in [0.717, 1.165) is 25.7 Å². The lowest BCUT2D eigenvalue weighted by molar-refractivity contribution is -0.151. The van der Waals surface area contributed by atoms with Gasteiger partial charge in [-0.25, -0.2) is 4.79 Å². The van der Waals surface area contributed by atoms with Crippen molar-refractivity contribution in [2.45, 2.75) is 84.4 Å². The van der Waals surface area contributed by atoms with Crippen molar-refractivity contribution in [1.82, 2.24) is 10.2 Å². The number of likely N-dealkylation sites (tertiary alicyclic amines) is 1. The Labute approximate surface area is 150 Å². The number of hydrogen-bond donors (Lipinski definition) is 1. The summed E-state index contributed by atoms with van der Waals surface area (Å²) in [5, 5.41) is 2.66. The van der Waals surface area contributed by atoms with E-state index in [-0.39, 0.29) is 25.1 Å². The summed E-state index contributed by atoms with van der Waals surface area (Å²) in [7, 11) is 0. The molecule has 2 atom stereocenters. The maximum atomic E-state index is 12.9. The fraction of sp³-hybridized carbons (Fsp3) is 0.833. The maximum Gasteiger partial charge on any atom is 0.408 e. The van der Waals surface area contributed by atoms with Crippen LogP contribution in [0.2, 0.25) is 0 Å². The molecule has 0 radical (unpaired) electrons. The van der Waals surface area contributed by atoms with E-state index >= 15 is 0 Å². The number of nitrogens with one attached hydrogen (secondary N) is 1. The Bertz CT molecular complexity index is 473. The van der Waals surface area contributed by atoms with Gasteiger partial charge in [-0.05, 0) is 53.4 Å². The molecule has 1 fully saturated rings. The van der Waals surface area contributed by atoms with Crippen LogP contribution in [0.1, 0.15) is 66.7 Å². The van der Waals surface area contributed by atoms with Crippen LogP contribution in [-0.4, -0.2) is 53.7 Å². The number of esters is 1. The second-order valence-electron chi connectivity index (χ2n) is 7.34. The van der Waals surface area contributed by atoms with Gasteiger partial charge in [0.1, 0.15) is 18.2 Å². The molecule has 0 bridgehead atoms. The molecule has 25 heavy (non-hydrogen) atoms. The molecule has 0 aromatic carbocycles. The Kier molecular flexibility index (Phi) is 8.19. The van der Waals surface area contributed by atoms with Crippen molar-refractivity contribution in [2.24, 2.45) is 0 Å². The Morgan fingerprint density at radius 2 is 1.92 bits per heavy atom. The van der Waals surface area contributed by atoms with Gasteiger partial charge >= 0.3 is 12.1 Å². The molecular formula is C18H32N2O5. The minimum absolute atomic E-state index is 0.00709. The largest absolute Gasteiger partial charge is 0.465 e. The Morgan fingerprint density at radius 1 is 1.24 bits per heavy atom. The van der Waals surface area contributed by atoms with Gasteiger partial charge in [0, 0.05) is 6.04 Å². The molecular weight excluding hydrogens is 324 g/mol. The van der Waals surface area contributed by atoms with E-state index in [9.17, 15) is 14.4 Å². The summed E-state index contributed by atoms with van der Waals surface area (Å²) >= 11 is 0. The van der Waals surface area contributed by atoms with E-state index in [2.05, 4.69) is 5.32 Å². The predicted octanol–water partition coefficient (Wildman–Crippen LogP) is 2.62. The monoisotopic (exact) mass is 356 g/mol. The highest BCUT2D eigenvalue weighted by atomic mass is 16.6. The fourth-order valence-electron chi connectivity index (χ4n) is 2.99. The van der Waals surface area contributed by atoms with Gasteiger partial charge in [-0.15, -0.1) is 0 Å². The first-order chi connectivity index (χ1) is 11.7. The molecule has 7 nitrogen and oxygen atoms in total. The molecule has 1 saturated heterocycles. The normalized spacial score (nSPS) is 21.5. The average Bonchev–Trinajstić information content (AvgIpc) is 2.60. The molecule has 0 unspecified atom stereocenters. The molecule has 2 amide bonds. The van der Waals surface area contributed by atoms with Crippen LogP contribution < -0.4 is 5.32 Å². The summed E-state index contributed by atoms with van der Waals surface area (Å²) in [4.78, 5) is 38.4. The van der Waals surface area contributed by atoms with Gasteiger partial charge in [0.2, 0.25) is 5.91 Å². The van der Waals surface area contributed by atoms with Crippen LogP contribution in [0.4, 0.5) is 4.79 Å². The maximum absolute atomic E-state index is 12.9. The van der Waals surface area contributed by atoms with Gasteiger partial charge in [0.05, 0.1) is 6.61 Å². The number of alkyl carbamates (subject to hydrolysis) is 1. The second kappa shape index (κ2) is 9.63. The number of rotatable bonds is 6. The molecule has 1 aliphatic heterocycles. The molecule has 7 heteroatoms. The summed E-state index contributed by atoms with van der Waals surface area (Å²) in [5.74, 6) is -0.662. The number of nitrogens with zero attached hydrogens (tertiary/aromatic N) is 1. The topological polar surface area (TPSA) is 84.9 Å². The molecule has 0 spiro atoms. The van der Waals surface area contributed by atoms with Crippen LogP contribution in [0.3, 0.4) is 0 Å². The van der Waals surface area contributed by atoms with Crippen LogP contribution in [0.15, 0.2) is 0 Å². The number of hydrogen-bond acceptors (Lipinski definition) is 5. The van der Waals surface area contributed by atoms with Gasteiger partial charge in [-0.1, -0.05) is 13.3 Å². The van der Waals surface area contributed by atoms with Crippen LogP contribution in [0.5, 0.6) is 0 Å². The van der Waals surface area contributed by atoms with Gasteiger partial charge < -0.3 is 19.7 Å². The zero-order valence-electron chi connectivity index (χ0n) is 16.1. The minimum atomic E-state index is -0.675. The van der Waals surface area contributed by atoms with Crippen LogP contribution in [0, 0.1) is 0 Å². The predicted molar refractivity (Wildman–Crippen MR) is 94.1 cm³/mol. The molecule has 1 heterocycles. The lowest BCUT2D eigenvalue weighted by Gasteiger charge is -2.31. The van der Waals surface area contributed by atoms with Crippen molar-refractivity contribution in [3.05, 3.63) is 0 Å². The summed E-state index contributed by atoms with van der Waals surface area (Å²) in [6.45, 7) is 9.29. The van der Waals surface area contributed by atoms with Gasteiger partial charge in [-0.3, -0.25) is 9.59 Å². The quantitative estimate of drug-likeness (QED) is 0.740. The van der Waals surface area contributed by atoms with E-state index in [1.54, 1.807) is 32.6 Å². The first kappa shape index (κ1) is 21.3. The first-order valence-electron chi connectivity index (χ1n) is 9.13. The van der Waals surface area contributed by atoms with Crippen molar-refractivity contribution in [3.63, 3.8) is 0 Å². The number of ether oxygens (including phenoxy) is 2. The van der Waals surface area contributed by atoms with Crippen LogP contribution in [-0.2, 0) is 19.1 Å². The highest BCUT2D eigenvalue weighted by molar-refractivity contribution is 5.88. The van der Waals surface area contributed by atoms with Crippen molar-refractivity contribution in [2.75, 3.05) is 13.2 Å². The fourth-order valence-corrected chi connectivity index (χ4v) is 2.99. The van der Waals surface area contributed by atoms with E-state index in [0.29, 0.717) is 6.42 Å². The second-order valence-corrected chi connectivity index (χ2v) is 7.34. The van der Waals surface area contributed by atoms with Crippen molar-refractivity contribution >= 4 is 18.0 Å². The van der Waals surface area contributed by atoms with Gasteiger partial charge in [0.15, 0.2) is 0 Å². The molecule has 1 aliphatic rings. The number of amides is 2. The lowest BCUT2D eigenvalue weighted by atomic mass is 10.0. The Balaban J connectivity index is 2.85. The average molecular weight is 356 g/mol. The minimum Gasteiger partial charge on any atom is -0.465 e. The Hall–Kier alpha value is -1.79. The lowest BCUT2D eigenvalue weighted by Crippen LogP contribution is -2.52. The standard InChI is InChI=1S/C18H32N2O5/c1-6-9-13-10-8-11-14(19-17(23)25-18(3,4)5)16(22)20(13)12-15(21)24-7-2/h13-14H,6-12H2,1-5H3,(H,19,23)/t13-,14+/m1/s1. The van der Waals surface area contributed by atoms with E-state index < -0.39 is 23.7 Å². The summed E-state index contributed by atoms with van der Waals surface area (Å²) in [6, 6.07) is -0.682. The van der Waals surface area contributed by atoms with Crippen LogP contribution in [0.25, 0.3) is 0 Å². The van der Waals surface area contributed by atoms with Crippen molar-refractivity contribution < 1.29 is 23.9 Å². The molecule has 0 aliphatic carbocycles. The zero-order chi connectivity index (χ0) is 19.0. The van der Waals surface area contributed by atoms with Crippen molar-refractivity contribution in [1.29, 1.82) is 0 Å². The molecule has 0 saturated carbocycles. The zero-order valence-corrected chi connectivity index (χ0v) is 16.1. The summed E-state index contributed by atoms with van der Waals surface area (Å²) in [5.41, 5.74) is -0.632. The third kappa shape index (κ3) is 7.32. The SMILES string of the molecule is CCC[C@@H]1CCC[C@H](NC(=O)OC(C)(C)C)C(=O)N1CC(=O)OCC. The van der Waals surface area contributed by atoms with E-state index in [1.165, 1.54) is 0 Å². The molecule has 0 aromatic rings. The molecule has 0 aromatic heterocycles. The Morgan fingerprint density at radius 3 is 2.48 bits per heavy atom.